The standard InChI is InChI=1S/C18H22FNO/c1-4-17(20)18(14-7-5-6-12(2)10-14)21-15-8-9-16(19)13(3)11-15/h5-11,17-18H,4,20H2,1-3H3. The topological polar surface area (TPSA) is 35.2 Å². The minimum atomic E-state index is -0.236. The summed E-state index contributed by atoms with van der Waals surface area (Å²) in [6.45, 7) is 5.80. The van der Waals surface area contributed by atoms with Gasteiger partial charge in [0, 0.05) is 6.04 Å². The Kier molecular flexibility index (Phi) is 4.97. The van der Waals surface area contributed by atoms with E-state index in [0.29, 0.717) is 11.3 Å². The molecule has 0 amide bonds. The quantitative estimate of drug-likeness (QED) is 0.890. The van der Waals surface area contributed by atoms with Crippen molar-refractivity contribution < 1.29 is 9.13 Å². The lowest BCUT2D eigenvalue weighted by Gasteiger charge is -2.25. The fourth-order valence-electron chi connectivity index (χ4n) is 2.30. The highest BCUT2D eigenvalue weighted by atomic mass is 19.1. The van der Waals surface area contributed by atoms with Crippen LogP contribution in [0.3, 0.4) is 0 Å². The number of aryl methyl sites for hydroxylation is 2. The fraction of sp³-hybridized carbons (Fsp3) is 0.333. The lowest BCUT2D eigenvalue weighted by Crippen LogP contribution is -2.31. The molecule has 0 saturated heterocycles. The lowest BCUT2D eigenvalue weighted by atomic mass is 9.99. The van der Waals surface area contributed by atoms with Crippen molar-refractivity contribution in [3.8, 4) is 5.75 Å². The largest absolute Gasteiger partial charge is 0.484 e. The number of nitrogens with two attached hydrogens (primary N) is 1. The molecular weight excluding hydrogens is 265 g/mol. The van der Waals surface area contributed by atoms with Gasteiger partial charge in [-0.1, -0.05) is 36.8 Å². The van der Waals surface area contributed by atoms with Gasteiger partial charge in [0.1, 0.15) is 17.7 Å². The van der Waals surface area contributed by atoms with Crippen molar-refractivity contribution >= 4 is 0 Å². The van der Waals surface area contributed by atoms with Gasteiger partial charge in [0.2, 0.25) is 0 Å². The summed E-state index contributed by atoms with van der Waals surface area (Å²) in [5.74, 6) is 0.415. The molecule has 2 aromatic rings. The van der Waals surface area contributed by atoms with Crippen molar-refractivity contribution in [1.82, 2.24) is 0 Å². The van der Waals surface area contributed by atoms with Crippen LogP contribution in [0, 0.1) is 19.7 Å². The van der Waals surface area contributed by atoms with Crippen LogP contribution in [0.4, 0.5) is 4.39 Å². The van der Waals surface area contributed by atoms with Crippen molar-refractivity contribution in [2.75, 3.05) is 0 Å². The maximum atomic E-state index is 13.4. The molecule has 0 aliphatic carbocycles. The molecule has 0 aliphatic heterocycles. The first-order chi connectivity index (χ1) is 10.0. The van der Waals surface area contributed by atoms with Gasteiger partial charge < -0.3 is 10.5 Å². The van der Waals surface area contributed by atoms with E-state index in [1.54, 1.807) is 19.1 Å². The smallest absolute Gasteiger partial charge is 0.139 e. The second-order valence-corrected chi connectivity index (χ2v) is 5.44. The monoisotopic (exact) mass is 287 g/mol. The second kappa shape index (κ2) is 6.72. The van der Waals surface area contributed by atoms with Crippen LogP contribution in [-0.4, -0.2) is 6.04 Å². The zero-order valence-electron chi connectivity index (χ0n) is 12.8. The van der Waals surface area contributed by atoms with Crippen molar-refractivity contribution in [3.63, 3.8) is 0 Å². The molecule has 112 valence electrons. The number of rotatable bonds is 5. The average Bonchev–Trinajstić information content (AvgIpc) is 2.47. The van der Waals surface area contributed by atoms with Gasteiger partial charge in [-0.2, -0.15) is 0 Å². The van der Waals surface area contributed by atoms with E-state index >= 15 is 0 Å². The Morgan fingerprint density at radius 1 is 1.14 bits per heavy atom. The third-order valence-electron chi connectivity index (χ3n) is 3.62. The molecule has 2 unspecified atom stereocenters. The van der Waals surface area contributed by atoms with Gasteiger partial charge in [0.25, 0.3) is 0 Å². The lowest BCUT2D eigenvalue weighted by molar-refractivity contribution is 0.170. The molecule has 3 heteroatoms. The zero-order chi connectivity index (χ0) is 15.4. The number of benzene rings is 2. The van der Waals surface area contributed by atoms with E-state index in [9.17, 15) is 4.39 Å². The molecule has 0 fully saturated rings. The predicted molar refractivity (Wildman–Crippen MR) is 84.0 cm³/mol. The van der Waals surface area contributed by atoms with Gasteiger partial charge in [-0.25, -0.2) is 4.39 Å². The minimum absolute atomic E-state index is 0.114. The fourth-order valence-corrected chi connectivity index (χ4v) is 2.30. The zero-order valence-corrected chi connectivity index (χ0v) is 12.8. The summed E-state index contributed by atoms with van der Waals surface area (Å²) in [6.07, 6.45) is 0.568. The van der Waals surface area contributed by atoms with Crippen LogP contribution in [0.5, 0.6) is 5.75 Å². The van der Waals surface area contributed by atoms with Crippen molar-refractivity contribution in [1.29, 1.82) is 0 Å². The first-order valence-corrected chi connectivity index (χ1v) is 7.26. The number of hydrogen-bond donors (Lipinski definition) is 1. The molecule has 2 N–H and O–H groups in total. The van der Waals surface area contributed by atoms with E-state index in [-0.39, 0.29) is 18.0 Å². The SMILES string of the molecule is CCC(N)C(Oc1ccc(F)c(C)c1)c1cccc(C)c1. The first-order valence-electron chi connectivity index (χ1n) is 7.26. The van der Waals surface area contributed by atoms with E-state index < -0.39 is 0 Å². The van der Waals surface area contributed by atoms with Crippen LogP contribution < -0.4 is 10.5 Å². The Hall–Kier alpha value is -1.87. The summed E-state index contributed by atoms with van der Waals surface area (Å²) in [4.78, 5) is 0. The summed E-state index contributed by atoms with van der Waals surface area (Å²) < 4.78 is 19.4. The van der Waals surface area contributed by atoms with Crippen LogP contribution in [0.2, 0.25) is 0 Å². The molecule has 0 spiro atoms. The van der Waals surface area contributed by atoms with Gasteiger partial charge in [0.15, 0.2) is 0 Å². The molecule has 2 nitrogen and oxygen atoms in total. The van der Waals surface area contributed by atoms with Gasteiger partial charge in [0.05, 0.1) is 0 Å². The Balaban J connectivity index is 2.30. The minimum Gasteiger partial charge on any atom is -0.484 e. The number of halogens is 1. The number of ether oxygens (including phenoxy) is 1. The molecule has 0 radical (unpaired) electrons. The highest BCUT2D eigenvalue weighted by molar-refractivity contribution is 5.31. The molecule has 0 bridgehead atoms. The summed E-state index contributed by atoms with van der Waals surface area (Å²) in [5, 5.41) is 0. The second-order valence-electron chi connectivity index (χ2n) is 5.44. The van der Waals surface area contributed by atoms with Gasteiger partial charge >= 0.3 is 0 Å². The molecule has 2 aromatic carbocycles. The molecule has 0 aromatic heterocycles. The van der Waals surface area contributed by atoms with Crippen LogP contribution in [-0.2, 0) is 0 Å². The van der Waals surface area contributed by atoms with E-state index in [1.165, 1.54) is 11.6 Å². The Labute approximate surface area is 125 Å². The molecule has 0 aliphatic rings. The maximum Gasteiger partial charge on any atom is 0.139 e. The van der Waals surface area contributed by atoms with Crippen molar-refractivity contribution in [3.05, 3.63) is 65.0 Å². The van der Waals surface area contributed by atoms with E-state index in [2.05, 4.69) is 6.07 Å². The molecule has 0 heterocycles. The van der Waals surface area contributed by atoms with Crippen molar-refractivity contribution in [2.24, 2.45) is 5.73 Å². The molecule has 2 atom stereocenters. The summed E-state index contributed by atoms with van der Waals surface area (Å²) in [5.41, 5.74) is 9.00. The van der Waals surface area contributed by atoms with Gasteiger partial charge in [-0.15, -0.1) is 0 Å². The molecule has 0 saturated carbocycles. The van der Waals surface area contributed by atoms with Gasteiger partial charge in [-0.3, -0.25) is 0 Å². The Morgan fingerprint density at radius 3 is 2.52 bits per heavy atom. The van der Waals surface area contributed by atoms with Crippen LogP contribution in [0.25, 0.3) is 0 Å². The third kappa shape index (κ3) is 3.82. The number of hydrogen-bond acceptors (Lipinski definition) is 2. The van der Waals surface area contributed by atoms with Crippen LogP contribution in [0.15, 0.2) is 42.5 Å². The molecule has 21 heavy (non-hydrogen) atoms. The van der Waals surface area contributed by atoms with Crippen LogP contribution >= 0.6 is 0 Å². The van der Waals surface area contributed by atoms with E-state index in [1.807, 2.05) is 32.0 Å². The highest BCUT2D eigenvalue weighted by Crippen LogP contribution is 2.27. The van der Waals surface area contributed by atoms with Crippen molar-refractivity contribution in [2.45, 2.75) is 39.3 Å². The Bertz CT molecular complexity index is 612. The summed E-state index contributed by atoms with van der Waals surface area (Å²) >= 11 is 0. The van der Waals surface area contributed by atoms with Gasteiger partial charge in [-0.05, 0) is 49.6 Å². The first kappa shape index (κ1) is 15.5. The summed E-state index contributed by atoms with van der Waals surface area (Å²) in [6, 6.07) is 12.8. The van der Waals surface area contributed by atoms with E-state index in [4.69, 9.17) is 10.5 Å². The maximum absolute atomic E-state index is 13.4. The normalized spacial score (nSPS) is 13.8. The average molecular weight is 287 g/mol. The van der Waals surface area contributed by atoms with E-state index in [0.717, 1.165) is 12.0 Å². The third-order valence-corrected chi connectivity index (χ3v) is 3.62. The molecule has 2 rings (SSSR count). The predicted octanol–water partition coefficient (Wildman–Crippen LogP) is 4.30. The molecular formula is C18H22FNO. The highest BCUT2D eigenvalue weighted by Gasteiger charge is 2.21. The van der Waals surface area contributed by atoms with Crippen LogP contribution in [0.1, 0.15) is 36.1 Å². The summed E-state index contributed by atoms with van der Waals surface area (Å²) in [7, 11) is 0. The Morgan fingerprint density at radius 2 is 1.90 bits per heavy atom.